The third-order valence-corrected chi connectivity index (χ3v) is 2.23. The third kappa shape index (κ3) is 2.15. The first-order valence-corrected chi connectivity index (χ1v) is 4.37. The van der Waals surface area contributed by atoms with E-state index >= 15 is 0 Å². The average Bonchev–Trinajstić information content (AvgIpc) is 2.16. The van der Waals surface area contributed by atoms with Gasteiger partial charge in [-0.1, -0.05) is 0 Å². The van der Waals surface area contributed by atoms with Crippen molar-refractivity contribution in [2.24, 2.45) is 5.73 Å². The summed E-state index contributed by atoms with van der Waals surface area (Å²) < 4.78 is 0. The molecule has 0 atom stereocenters. The molecule has 1 rings (SSSR count). The minimum absolute atomic E-state index is 0.111. The fourth-order valence-electron chi connectivity index (χ4n) is 1.46. The van der Waals surface area contributed by atoms with Gasteiger partial charge in [-0.15, -0.1) is 0 Å². The molecule has 0 bridgehead atoms. The van der Waals surface area contributed by atoms with Crippen LogP contribution in [0.3, 0.4) is 0 Å². The number of aliphatic hydroxyl groups is 1. The molecule has 1 aliphatic rings. The van der Waals surface area contributed by atoms with Crippen LogP contribution in [0, 0.1) is 5.41 Å². The molecule has 4 heteroatoms. The molecular weight excluding hydrogens is 168 g/mol. The average molecular weight is 182 g/mol. The van der Waals surface area contributed by atoms with Gasteiger partial charge in [0.05, 0.1) is 0 Å². The second-order valence-corrected chi connectivity index (χ2v) is 3.17. The summed E-state index contributed by atoms with van der Waals surface area (Å²) in [5, 5.41) is 16.0. The molecule has 0 saturated carbocycles. The summed E-state index contributed by atoms with van der Waals surface area (Å²) in [5.41, 5.74) is 6.83. The molecular formula is C9H14N2O2. The number of rotatable bonds is 3. The fourth-order valence-corrected chi connectivity index (χ4v) is 1.46. The largest absolute Gasteiger partial charge is 0.402 e. The van der Waals surface area contributed by atoms with Gasteiger partial charge in [0.2, 0.25) is 5.78 Å². The molecule has 0 amide bonds. The van der Waals surface area contributed by atoms with Gasteiger partial charge in [0.1, 0.15) is 12.3 Å². The summed E-state index contributed by atoms with van der Waals surface area (Å²) in [4.78, 5) is 11.0. The summed E-state index contributed by atoms with van der Waals surface area (Å²) in [6, 6.07) is 0. The number of allylic oxidation sites excluding steroid dienone is 2. The summed E-state index contributed by atoms with van der Waals surface area (Å²) in [7, 11) is 0. The number of carbonyl (C=O) groups is 1. The van der Waals surface area contributed by atoms with Crippen LogP contribution in [-0.2, 0) is 4.79 Å². The monoisotopic (exact) mass is 182 g/mol. The van der Waals surface area contributed by atoms with Gasteiger partial charge in [0.25, 0.3) is 0 Å². The molecule has 4 N–H and O–H groups in total. The van der Waals surface area contributed by atoms with Crippen LogP contribution >= 0.6 is 0 Å². The normalized spacial score (nSPS) is 17.3. The Morgan fingerprint density at radius 1 is 1.46 bits per heavy atom. The lowest BCUT2D eigenvalue weighted by molar-refractivity contribution is -0.115. The fraction of sp³-hybridized carbons (Fsp3) is 0.556. The molecule has 4 nitrogen and oxygen atoms in total. The first kappa shape index (κ1) is 9.92. The number of Topliss-reactive ketones (excluding diaryl/α,β-unsaturated/α-hetero) is 1. The predicted molar refractivity (Wildman–Crippen MR) is 49.5 cm³/mol. The molecule has 13 heavy (non-hydrogen) atoms. The quantitative estimate of drug-likeness (QED) is 0.550. The Hall–Kier alpha value is -1.16. The number of ketones is 1. The van der Waals surface area contributed by atoms with Crippen LogP contribution in [-0.4, -0.2) is 23.2 Å². The molecule has 0 spiro atoms. The lowest BCUT2D eigenvalue weighted by Gasteiger charge is -2.16. The SMILES string of the molecule is N=C(C(=O)CO)C1=C(N)CCCC1. The molecule has 0 aliphatic heterocycles. The van der Waals surface area contributed by atoms with Crippen LogP contribution in [0.25, 0.3) is 0 Å². The molecule has 0 aromatic heterocycles. The zero-order valence-corrected chi connectivity index (χ0v) is 7.47. The molecule has 0 fully saturated rings. The molecule has 1 aliphatic carbocycles. The van der Waals surface area contributed by atoms with Crippen molar-refractivity contribution in [2.75, 3.05) is 6.61 Å². The first-order valence-electron chi connectivity index (χ1n) is 4.37. The minimum atomic E-state index is -0.602. The van der Waals surface area contributed by atoms with Crippen LogP contribution in [0.5, 0.6) is 0 Å². The van der Waals surface area contributed by atoms with Crippen LogP contribution < -0.4 is 5.73 Å². The van der Waals surface area contributed by atoms with Crippen molar-refractivity contribution >= 4 is 11.5 Å². The van der Waals surface area contributed by atoms with Crippen molar-refractivity contribution in [1.82, 2.24) is 0 Å². The Balaban J connectivity index is 2.80. The van der Waals surface area contributed by atoms with Crippen molar-refractivity contribution in [3.05, 3.63) is 11.3 Å². The highest BCUT2D eigenvalue weighted by atomic mass is 16.3. The summed E-state index contributed by atoms with van der Waals surface area (Å²) in [6.07, 6.45) is 3.44. The van der Waals surface area contributed by atoms with E-state index in [-0.39, 0.29) is 5.71 Å². The maximum Gasteiger partial charge on any atom is 0.206 e. The predicted octanol–water partition coefficient (Wildman–Crippen LogP) is 0.354. The maximum absolute atomic E-state index is 11.0. The van der Waals surface area contributed by atoms with Gasteiger partial charge in [-0.3, -0.25) is 10.2 Å². The van der Waals surface area contributed by atoms with Crippen molar-refractivity contribution < 1.29 is 9.90 Å². The zero-order valence-electron chi connectivity index (χ0n) is 7.47. The standard InChI is InChI=1S/C9H14N2O2/c10-7-4-2-1-3-6(7)9(11)8(13)5-12/h11-12H,1-5,10H2. The van der Waals surface area contributed by atoms with Crippen molar-refractivity contribution in [3.63, 3.8) is 0 Å². The van der Waals surface area contributed by atoms with Gasteiger partial charge >= 0.3 is 0 Å². The highest BCUT2D eigenvalue weighted by molar-refractivity contribution is 6.45. The smallest absolute Gasteiger partial charge is 0.206 e. The van der Waals surface area contributed by atoms with Gasteiger partial charge in [-0.25, -0.2) is 0 Å². The molecule has 0 aromatic carbocycles. The highest BCUT2D eigenvalue weighted by Gasteiger charge is 2.18. The lowest BCUT2D eigenvalue weighted by Crippen LogP contribution is -2.23. The number of nitrogens with two attached hydrogens (primary N) is 1. The van der Waals surface area contributed by atoms with Crippen molar-refractivity contribution in [3.8, 4) is 0 Å². The van der Waals surface area contributed by atoms with E-state index in [4.69, 9.17) is 16.2 Å². The van der Waals surface area contributed by atoms with E-state index in [1.54, 1.807) is 0 Å². The summed E-state index contributed by atoms with van der Waals surface area (Å²) in [5.74, 6) is -0.542. The zero-order chi connectivity index (χ0) is 9.84. The Kier molecular flexibility index (Phi) is 3.19. The molecule has 0 heterocycles. The Morgan fingerprint density at radius 2 is 2.08 bits per heavy atom. The second kappa shape index (κ2) is 4.18. The van der Waals surface area contributed by atoms with Crippen LogP contribution in [0.1, 0.15) is 25.7 Å². The molecule has 72 valence electrons. The Bertz CT molecular complexity index is 269. The van der Waals surface area contributed by atoms with Gasteiger partial charge in [0, 0.05) is 5.70 Å². The number of aliphatic hydroxyl groups excluding tert-OH is 1. The van der Waals surface area contributed by atoms with E-state index in [0.29, 0.717) is 17.7 Å². The van der Waals surface area contributed by atoms with E-state index in [1.807, 2.05) is 0 Å². The lowest BCUT2D eigenvalue weighted by atomic mass is 9.92. The number of carbonyl (C=O) groups excluding carboxylic acids is 1. The third-order valence-electron chi connectivity index (χ3n) is 2.23. The van der Waals surface area contributed by atoms with Gasteiger partial charge in [0.15, 0.2) is 0 Å². The van der Waals surface area contributed by atoms with E-state index < -0.39 is 12.4 Å². The number of nitrogens with one attached hydrogen (secondary N) is 1. The number of hydrogen-bond donors (Lipinski definition) is 3. The number of hydrogen-bond acceptors (Lipinski definition) is 4. The first-order chi connectivity index (χ1) is 6.16. The van der Waals surface area contributed by atoms with Crippen LogP contribution in [0.15, 0.2) is 11.3 Å². The van der Waals surface area contributed by atoms with Crippen LogP contribution in [0.2, 0.25) is 0 Å². The second-order valence-electron chi connectivity index (χ2n) is 3.17. The Morgan fingerprint density at radius 3 is 2.62 bits per heavy atom. The van der Waals surface area contributed by atoms with Gasteiger partial charge < -0.3 is 10.8 Å². The van der Waals surface area contributed by atoms with Gasteiger partial charge in [-0.05, 0) is 31.3 Å². The minimum Gasteiger partial charge on any atom is -0.402 e. The molecule has 0 aromatic rings. The molecule has 0 unspecified atom stereocenters. The van der Waals surface area contributed by atoms with E-state index in [0.717, 1.165) is 19.3 Å². The van der Waals surface area contributed by atoms with E-state index in [2.05, 4.69) is 0 Å². The summed E-state index contributed by atoms with van der Waals surface area (Å²) >= 11 is 0. The van der Waals surface area contributed by atoms with Gasteiger partial charge in [-0.2, -0.15) is 0 Å². The maximum atomic E-state index is 11.0. The highest BCUT2D eigenvalue weighted by Crippen LogP contribution is 2.22. The van der Waals surface area contributed by atoms with Crippen LogP contribution in [0.4, 0.5) is 0 Å². The van der Waals surface area contributed by atoms with E-state index in [1.165, 1.54) is 0 Å². The Labute approximate surface area is 76.9 Å². The van der Waals surface area contributed by atoms with Crippen molar-refractivity contribution in [2.45, 2.75) is 25.7 Å². The van der Waals surface area contributed by atoms with E-state index in [9.17, 15) is 4.79 Å². The molecule has 0 saturated heterocycles. The topological polar surface area (TPSA) is 87.2 Å². The van der Waals surface area contributed by atoms with Crippen molar-refractivity contribution in [1.29, 1.82) is 5.41 Å². The molecule has 0 radical (unpaired) electrons. The summed E-state index contributed by atoms with van der Waals surface area (Å²) in [6.45, 7) is -0.602.